The molecule has 2 aromatic rings. The number of aromatic nitrogens is 1. The molecular formula is C18H18F2N2O2S. The zero-order valence-corrected chi connectivity index (χ0v) is 15.1. The average molecular weight is 364 g/mol. The van der Waals surface area contributed by atoms with Crippen molar-refractivity contribution in [1.82, 2.24) is 10.3 Å². The Morgan fingerprint density at radius 1 is 1.36 bits per heavy atom. The normalized spacial score (nSPS) is 12.5. The van der Waals surface area contributed by atoms with E-state index in [0.717, 1.165) is 11.8 Å². The molecule has 1 atom stereocenters. The Hall–Kier alpha value is -2.33. The molecule has 0 saturated carbocycles. The molecule has 1 N–H and O–H groups in total. The van der Waals surface area contributed by atoms with Crippen molar-refractivity contribution in [3.8, 4) is 18.1 Å². The first-order valence-corrected chi connectivity index (χ1v) is 8.71. The van der Waals surface area contributed by atoms with Crippen LogP contribution < -0.4 is 10.1 Å². The molecule has 1 aromatic carbocycles. The Kier molecular flexibility index (Phi) is 5.53. The van der Waals surface area contributed by atoms with Crippen molar-refractivity contribution >= 4 is 28.6 Å². The van der Waals surface area contributed by atoms with E-state index < -0.39 is 28.5 Å². The molecule has 0 aliphatic heterocycles. The van der Waals surface area contributed by atoms with Crippen molar-refractivity contribution in [1.29, 1.82) is 0 Å². The third-order valence-corrected chi connectivity index (χ3v) is 3.89. The number of fused-ring (bicyclic) bond motifs is 1. The fourth-order valence-electron chi connectivity index (χ4n) is 2.11. The number of carbonyl (C=O) groups excluding carboxylic acids is 1. The Labute approximate surface area is 149 Å². The minimum Gasteiger partial charge on any atom is -0.467 e. The summed E-state index contributed by atoms with van der Waals surface area (Å²) >= 11 is 1.07. The van der Waals surface area contributed by atoms with E-state index in [1.54, 1.807) is 6.26 Å². The first-order chi connectivity index (χ1) is 11.7. The predicted octanol–water partition coefficient (Wildman–Crippen LogP) is 3.48. The van der Waals surface area contributed by atoms with Gasteiger partial charge in [0.1, 0.15) is 5.52 Å². The number of hydrogen-bond acceptors (Lipinski definition) is 4. The summed E-state index contributed by atoms with van der Waals surface area (Å²) in [6.07, 6.45) is 8.23. The third kappa shape index (κ3) is 4.40. The molecule has 0 saturated heterocycles. The van der Waals surface area contributed by atoms with Crippen molar-refractivity contribution in [3.63, 3.8) is 0 Å². The molecule has 0 spiro atoms. The fourth-order valence-corrected chi connectivity index (χ4v) is 2.58. The molecule has 25 heavy (non-hydrogen) atoms. The van der Waals surface area contributed by atoms with Gasteiger partial charge in [-0.15, -0.1) is 18.2 Å². The summed E-state index contributed by atoms with van der Waals surface area (Å²) in [5, 5.41) is 3.03. The highest BCUT2D eigenvalue weighted by molar-refractivity contribution is 7.99. The highest BCUT2D eigenvalue weighted by Gasteiger charge is 2.26. The van der Waals surface area contributed by atoms with E-state index in [1.807, 2.05) is 20.8 Å². The molecular weight excluding hydrogens is 346 g/mol. The van der Waals surface area contributed by atoms with Crippen LogP contribution in [-0.2, 0) is 4.79 Å². The highest BCUT2D eigenvalue weighted by Crippen LogP contribution is 2.30. The molecule has 0 fully saturated rings. The zero-order valence-electron chi connectivity index (χ0n) is 14.3. The average Bonchev–Trinajstić information content (AvgIpc) is 2.54. The maximum Gasteiger partial charge on any atom is 0.272 e. The summed E-state index contributed by atoms with van der Waals surface area (Å²) in [7, 11) is 0. The number of amides is 1. The SMILES string of the molecule is C#Cc1cnc2c(F)c(F)c(OC(SC)C(=O)NC(C)(C)C)cc2c1. The van der Waals surface area contributed by atoms with Gasteiger partial charge in [-0.2, -0.15) is 4.39 Å². The molecule has 2 rings (SSSR count). The lowest BCUT2D eigenvalue weighted by molar-refractivity contribution is -0.125. The van der Waals surface area contributed by atoms with E-state index >= 15 is 0 Å². The van der Waals surface area contributed by atoms with Crippen molar-refractivity contribution in [2.45, 2.75) is 31.7 Å². The summed E-state index contributed by atoms with van der Waals surface area (Å²) in [6.45, 7) is 5.43. The number of ether oxygens (including phenoxy) is 1. The second-order valence-corrected chi connectivity index (χ2v) is 7.27. The monoisotopic (exact) mass is 364 g/mol. The van der Waals surface area contributed by atoms with Gasteiger partial charge >= 0.3 is 0 Å². The van der Waals surface area contributed by atoms with Gasteiger partial charge in [-0.25, -0.2) is 4.39 Å². The smallest absolute Gasteiger partial charge is 0.272 e. The number of pyridine rings is 1. The number of hydrogen-bond donors (Lipinski definition) is 1. The Morgan fingerprint density at radius 3 is 2.60 bits per heavy atom. The predicted molar refractivity (Wildman–Crippen MR) is 95.4 cm³/mol. The lowest BCUT2D eigenvalue weighted by Crippen LogP contribution is -2.46. The molecule has 0 radical (unpaired) electrons. The van der Waals surface area contributed by atoms with E-state index in [9.17, 15) is 13.6 Å². The molecule has 1 aromatic heterocycles. The highest BCUT2D eigenvalue weighted by atomic mass is 32.2. The number of terminal acetylenes is 1. The molecule has 1 unspecified atom stereocenters. The summed E-state index contributed by atoms with van der Waals surface area (Å²) in [4.78, 5) is 16.1. The largest absolute Gasteiger partial charge is 0.467 e. The summed E-state index contributed by atoms with van der Waals surface area (Å²) in [6, 6.07) is 2.79. The van der Waals surface area contributed by atoms with Gasteiger partial charge in [-0.1, -0.05) is 5.92 Å². The molecule has 7 heteroatoms. The molecule has 0 aliphatic carbocycles. The number of halogens is 2. The van der Waals surface area contributed by atoms with Crippen LogP contribution in [0.4, 0.5) is 8.78 Å². The van der Waals surface area contributed by atoms with E-state index in [1.165, 1.54) is 18.3 Å². The molecule has 1 heterocycles. The number of thioether (sulfide) groups is 1. The molecule has 132 valence electrons. The van der Waals surface area contributed by atoms with E-state index in [0.29, 0.717) is 10.9 Å². The van der Waals surface area contributed by atoms with Crippen LogP contribution in [0.15, 0.2) is 18.3 Å². The number of nitrogens with zero attached hydrogens (tertiary/aromatic N) is 1. The van der Waals surface area contributed by atoms with Crippen molar-refractivity contribution in [2.24, 2.45) is 0 Å². The van der Waals surface area contributed by atoms with Gasteiger partial charge in [0.25, 0.3) is 5.91 Å². The van der Waals surface area contributed by atoms with Crippen LogP contribution >= 0.6 is 11.8 Å². The maximum absolute atomic E-state index is 14.3. The fraction of sp³-hybridized carbons (Fsp3) is 0.333. The topological polar surface area (TPSA) is 51.2 Å². The van der Waals surface area contributed by atoms with Crippen molar-refractivity contribution in [2.75, 3.05) is 6.26 Å². The van der Waals surface area contributed by atoms with Crippen LogP contribution in [-0.4, -0.2) is 28.1 Å². The standard InChI is InChI=1S/C18H18F2N2O2S/c1-6-10-7-11-8-12(13(19)14(20)15(11)21-9-10)24-17(25-5)16(23)22-18(2,3)4/h1,7-9,17H,2-5H3,(H,22,23). The van der Waals surface area contributed by atoms with Crippen LogP contribution in [0.1, 0.15) is 26.3 Å². The van der Waals surface area contributed by atoms with Gasteiger partial charge in [-0.05, 0) is 39.2 Å². The van der Waals surface area contributed by atoms with E-state index in [4.69, 9.17) is 11.2 Å². The van der Waals surface area contributed by atoms with Gasteiger partial charge < -0.3 is 10.1 Å². The van der Waals surface area contributed by atoms with Crippen LogP contribution in [0.3, 0.4) is 0 Å². The van der Waals surface area contributed by atoms with Gasteiger partial charge in [0.15, 0.2) is 11.6 Å². The second kappa shape index (κ2) is 7.28. The van der Waals surface area contributed by atoms with Crippen LogP contribution in [0.25, 0.3) is 10.9 Å². The second-order valence-electron chi connectivity index (χ2n) is 6.37. The lowest BCUT2D eigenvalue weighted by atomic mass is 10.1. The van der Waals surface area contributed by atoms with Gasteiger partial charge in [0, 0.05) is 22.7 Å². The number of carbonyl (C=O) groups is 1. The first-order valence-electron chi connectivity index (χ1n) is 7.42. The Bertz CT molecular complexity index is 857. The van der Waals surface area contributed by atoms with E-state index in [2.05, 4.69) is 16.2 Å². The number of benzene rings is 1. The number of rotatable bonds is 4. The third-order valence-electron chi connectivity index (χ3n) is 3.15. The molecule has 4 nitrogen and oxygen atoms in total. The Morgan fingerprint density at radius 2 is 2.04 bits per heavy atom. The quantitative estimate of drug-likeness (QED) is 0.667. The van der Waals surface area contributed by atoms with Gasteiger partial charge in [-0.3, -0.25) is 9.78 Å². The van der Waals surface area contributed by atoms with Crippen molar-refractivity contribution < 1.29 is 18.3 Å². The molecule has 1 amide bonds. The van der Waals surface area contributed by atoms with E-state index in [-0.39, 0.29) is 11.3 Å². The van der Waals surface area contributed by atoms with Crippen LogP contribution in [0, 0.1) is 24.0 Å². The van der Waals surface area contributed by atoms with Gasteiger partial charge in [0.05, 0.1) is 0 Å². The van der Waals surface area contributed by atoms with Gasteiger partial charge in [0.2, 0.25) is 11.3 Å². The maximum atomic E-state index is 14.3. The van der Waals surface area contributed by atoms with Crippen LogP contribution in [0.2, 0.25) is 0 Å². The number of nitrogens with one attached hydrogen (secondary N) is 1. The Balaban J connectivity index is 2.41. The summed E-state index contributed by atoms with van der Waals surface area (Å²) in [5.74, 6) is -0.769. The minimum absolute atomic E-state index is 0.149. The summed E-state index contributed by atoms with van der Waals surface area (Å²) < 4.78 is 34.0. The zero-order chi connectivity index (χ0) is 18.8. The summed E-state index contributed by atoms with van der Waals surface area (Å²) in [5.41, 5.74) is -1.23. The first kappa shape index (κ1) is 19.0. The lowest BCUT2D eigenvalue weighted by Gasteiger charge is -2.24. The van der Waals surface area contributed by atoms with Crippen LogP contribution in [0.5, 0.6) is 5.75 Å². The molecule has 0 aliphatic rings. The van der Waals surface area contributed by atoms with Crippen molar-refractivity contribution in [3.05, 3.63) is 35.5 Å². The minimum atomic E-state index is -1.20. The molecule has 0 bridgehead atoms.